The molecule has 0 bridgehead atoms. The van der Waals surface area contributed by atoms with Gasteiger partial charge in [-0.3, -0.25) is 4.79 Å². The molecule has 0 aromatic heterocycles. The first kappa shape index (κ1) is 15.0. The Morgan fingerprint density at radius 2 is 1.85 bits per heavy atom. The van der Waals surface area contributed by atoms with Crippen molar-refractivity contribution in [1.82, 2.24) is 10.2 Å². The molecule has 1 aliphatic heterocycles. The molecule has 110 valence electrons. The molecule has 1 amide bonds. The second-order valence-corrected chi connectivity index (χ2v) is 5.77. The number of primary amides is 1. The first-order valence-electron chi connectivity index (χ1n) is 7.39. The zero-order valence-electron chi connectivity index (χ0n) is 12.5. The van der Waals surface area contributed by atoms with Gasteiger partial charge in [0.2, 0.25) is 5.91 Å². The van der Waals surface area contributed by atoms with Gasteiger partial charge in [-0.15, -0.1) is 0 Å². The molecule has 0 aliphatic carbocycles. The minimum Gasteiger partial charge on any atom is -0.368 e. The number of carbonyl (C=O) groups excluding carboxylic acids is 1. The Hall–Kier alpha value is -1.39. The number of hydrogen-bond donors (Lipinski definition) is 2. The molecule has 4 heteroatoms. The first-order chi connectivity index (χ1) is 9.55. The van der Waals surface area contributed by atoms with E-state index < -0.39 is 5.54 Å². The summed E-state index contributed by atoms with van der Waals surface area (Å²) in [5, 5.41) is 3.23. The lowest BCUT2D eigenvalue weighted by Gasteiger charge is -2.33. The van der Waals surface area contributed by atoms with Crippen molar-refractivity contribution in [2.75, 3.05) is 26.2 Å². The van der Waals surface area contributed by atoms with E-state index in [0.717, 1.165) is 32.5 Å². The van der Waals surface area contributed by atoms with Crippen LogP contribution in [0.3, 0.4) is 0 Å². The Morgan fingerprint density at radius 1 is 1.30 bits per heavy atom. The quantitative estimate of drug-likeness (QED) is 0.841. The average Bonchev–Trinajstić information content (AvgIpc) is 2.62. The topological polar surface area (TPSA) is 58.4 Å². The van der Waals surface area contributed by atoms with Crippen LogP contribution in [0.15, 0.2) is 24.3 Å². The highest BCUT2D eigenvalue weighted by atomic mass is 16.1. The fourth-order valence-corrected chi connectivity index (χ4v) is 2.93. The Kier molecular flexibility index (Phi) is 4.78. The predicted molar refractivity (Wildman–Crippen MR) is 81.6 cm³/mol. The fourth-order valence-electron chi connectivity index (χ4n) is 2.93. The molecular formula is C16H25N3O. The van der Waals surface area contributed by atoms with E-state index in [1.165, 1.54) is 11.1 Å². The molecule has 1 heterocycles. The third-order valence-electron chi connectivity index (χ3n) is 4.16. The standard InChI is InChI=1S/C16H25N3O/c1-3-18-16(2,15(17)20)12-19-10-8-13-6-4-5-7-14(13)9-11-19/h4-7,18H,3,8-12H2,1-2H3,(H2,17,20). The van der Waals surface area contributed by atoms with Crippen LogP contribution in [0.25, 0.3) is 0 Å². The van der Waals surface area contributed by atoms with Crippen molar-refractivity contribution in [3.05, 3.63) is 35.4 Å². The molecule has 0 fully saturated rings. The SMILES string of the molecule is CCNC(C)(CN1CCc2ccccc2CC1)C(N)=O. The molecule has 1 aliphatic rings. The molecule has 0 saturated heterocycles. The van der Waals surface area contributed by atoms with Crippen molar-refractivity contribution in [1.29, 1.82) is 0 Å². The van der Waals surface area contributed by atoms with Crippen LogP contribution in [0.2, 0.25) is 0 Å². The molecule has 1 atom stereocenters. The molecule has 0 saturated carbocycles. The van der Waals surface area contributed by atoms with Crippen LogP contribution in [-0.2, 0) is 17.6 Å². The van der Waals surface area contributed by atoms with Gasteiger partial charge in [0.05, 0.1) is 0 Å². The van der Waals surface area contributed by atoms with Crippen LogP contribution in [0.1, 0.15) is 25.0 Å². The van der Waals surface area contributed by atoms with Crippen LogP contribution in [0.4, 0.5) is 0 Å². The summed E-state index contributed by atoms with van der Waals surface area (Å²) in [6, 6.07) is 8.61. The first-order valence-corrected chi connectivity index (χ1v) is 7.39. The molecule has 2 rings (SSSR count). The van der Waals surface area contributed by atoms with E-state index >= 15 is 0 Å². The summed E-state index contributed by atoms with van der Waals surface area (Å²) in [5.74, 6) is -0.277. The third kappa shape index (κ3) is 3.38. The summed E-state index contributed by atoms with van der Waals surface area (Å²) in [6.45, 7) is 7.27. The van der Waals surface area contributed by atoms with Gasteiger partial charge in [0.25, 0.3) is 0 Å². The lowest BCUT2D eigenvalue weighted by Crippen LogP contribution is -2.59. The van der Waals surface area contributed by atoms with Gasteiger partial charge in [0.1, 0.15) is 5.54 Å². The summed E-state index contributed by atoms with van der Waals surface area (Å²) in [4.78, 5) is 14.1. The van der Waals surface area contributed by atoms with Crippen molar-refractivity contribution in [3.8, 4) is 0 Å². The van der Waals surface area contributed by atoms with E-state index in [0.29, 0.717) is 6.54 Å². The van der Waals surface area contributed by atoms with Crippen molar-refractivity contribution in [2.45, 2.75) is 32.2 Å². The fraction of sp³-hybridized carbons (Fsp3) is 0.562. The maximum atomic E-state index is 11.7. The summed E-state index contributed by atoms with van der Waals surface area (Å²) >= 11 is 0. The van der Waals surface area contributed by atoms with Crippen LogP contribution in [-0.4, -0.2) is 42.5 Å². The maximum Gasteiger partial charge on any atom is 0.238 e. The largest absolute Gasteiger partial charge is 0.368 e. The Morgan fingerprint density at radius 3 is 2.30 bits per heavy atom. The van der Waals surface area contributed by atoms with E-state index in [4.69, 9.17) is 5.73 Å². The highest BCUT2D eigenvalue weighted by molar-refractivity contribution is 5.84. The lowest BCUT2D eigenvalue weighted by atomic mass is 10.0. The second kappa shape index (κ2) is 6.37. The van der Waals surface area contributed by atoms with Gasteiger partial charge in [-0.25, -0.2) is 0 Å². The number of rotatable bonds is 5. The lowest BCUT2D eigenvalue weighted by molar-refractivity contribution is -0.124. The number of nitrogens with one attached hydrogen (secondary N) is 1. The monoisotopic (exact) mass is 275 g/mol. The highest BCUT2D eigenvalue weighted by Gasteiger charge is 2.32. The second-order valence-electron chi connectivity index (χ2n) is 5.77. The number of hydrogen-bond acceptors (Lipinski definition) is 3. The highest BCUT2D eigenvalue weighted by Crippen LogP contribution is 2.17. The predicted octanol–water partition coefficient (Wildman–Crippen LogP) is 0.941. The van der Waals surface area contributed by atoms with Crippen LogP contribution < -0.4 is 11.1 Å². The van der Waals surface area contributed by atoms with Gasteiger partial charge in [-0.2, -0.15) is 0 Å². The molecular weight excluding hydrogens is 250 g/mol. The van der Waals surface area contributed by atoms with E-state index in [-0.39, 0.29) is 5.91 Å². The zero-order chi connectivity index (χ0) is 14.6. The van der Waals surface area contributed by atoms with Gasteiger partial charge in [0, 0.05) is 19.6 Å². The molecule has 0 radical (unpaired) electrons. The number of likely N-dealkylation sites (N-methyl/N-ethyl adjacent to an activating group) is 1. The number of fused-ring (bicyclic) bond motifs is 1. The number of carbonyl (C=O) groups is 1. The van der Waals surface area contributed by atoms with E-state index in [2.05, 4.69) is 34.5 Å². The van der Waals surface area contributed by atoms with Crippen molar-refractivity contribution in [2.24, 2.45) is 5.73 Å². The molecule has 4 nitrogen and oxygen atoms in total. The normalized spacial score (nSPS) is 18.9. The van der Waals surface area contributed by atoms with Gasteiger partial charge in [-0.05, 0) is 37.4 Å². The van der Waals surface area contributed by atoms with E-state index in [1.807, 2.05) is 13.8 Å². The Balaban J connectivity index is 2.03. The molecule has 1 aromatic carbocycles. The van der Waals surface area contributed by atoms with Gasteiger partial charge < -0.3 is 16.0 Å². The van der Waals surface area contributed by atoms with Crippen molar-refractivity contribution < 1.29 is 4.79 Å². The molecule has 1 aromatic rings. The van der Waals surface area contributed by atoms with Gasteiger partial charge in [0.15, 0.2) is 0 Å². The maximum absolute atomic E-state index is 11.7. The number of amides is 1. The van der Waals surface area contributed by atoms with E-state index in [1.54, 1.807) is 0 Å². The van der Waals surface area contributed by atoms with Crippen LogP contribution in [0.5, 0.6) is 0 Å². The molecule has 1 unspecified atom stereocenters. The summed E-state index contributed by atoms with van der Waals surface area (Å²) in [6.07, 6.45) is 2.08. The Bertz CT molecular complexity index is 448. The van der Waals surface area contributed by atoms with Crippen molar-refractivity contribution in [3.63, 3.8) is 0 Å². The summed E-state index contributed by atoms with van der Waals surface area (Å²) in [5.41, 5.74) is 7.78. The third-order valence-corrected chi connectivity index (χ3v) is 4.16. The smallest absolute Gasteiger partial charge is 0.238 e. The summed E-state index contributed by atoms with van der Waals surface area (Å²) < 4.78 is 0. The summed E-state index contributed by atoms with van der Waals surface area (Å²) in [7, 11) is 0. The zero-order valence-corrected chi connectivity index (χ0v) is 12.5. The van der Waals surface area contributed by atoms with Crippen molar-refractivity contribution >= 4 is 5.91 Å². The molecule has 0 spiro atoms. The average molecular weight is 275 g/mol. The van der Waals surface area contributed by atoms with Gasteiger partial charge in [-0.1, -0.05) is 31.2 Å². The van der Waals surface area contributed by atoms with Gasteiger partial charge >= 0.3 is 0 Å². The minimum absolute atomic E-state index is 0.277. The Labute approximate surface area is 121 Å². The molecule has 3 N–H and O–H groups in total. The van der Waals surface area contributed by atoms with Crippen LogP contribution >= 0.6 is 0 Å². The number of benzene rings is 1. The number of nitrogens with two attached hydrogens (primary N) is 1. The number of nitrogens with zero attached hydrogens (tertiary/aromatic N) is 1. The molecule has 20 heavy (non-hydrogen) atoms. The minimum atomic E-state index is -0.648. The van der Waals surface area contributed by atoms with E-state index in [9.17, 15) is 4.79 Å². The van der Waals surface area contributed by atoms with Crippen LogP contribution in [0, 0.1) is 0 Å².